The minimum atomic E-state index is 0. The molecular weight excluding hydrogens is 421 g/mol. The van der Waals surface area contributed by atoms with Crippen LogP contribution in [-0.2, 0) is 7.05 Å². The molecular formula is C22H27Cl2N5O. The predicted molar refractivity (Wildman–Crippen MR) is 122 cm³/mol. The summed E-state index contributed by atoms with van der Waals surface area (Å²) in [6.07, 6.45) is 3.42. The number of amides is 1. The van der Waals surface area contributed by atoms with Gasteiger partial charge in [0.25, 0.3) is 5.91 Å². The van der Waals surface area contributed by atoms with Gasteiger partial charge in [0, 0.05) is 44.8 Å². The maximum absolute atomic E-state index is 13.3. The van der Waals surface area contributed by atoms with Crippen LogP contribution < -0.4 is 0 Å². The number of aromatic nitrogens is 3. The van der Waals surface area contributed by atoms with Crippen molar-refractivity contribution >= 4 is 41.9 Å². The molecule has 8 heteroatoms. The number of nitrogens with zero attached hydrogens (tertiary/aromatic N) is 5. The average molecular weight is 448 g/mol. The molecule has 6 nitrogen and oxygen atoms in total. The number of benzene rings is 1. The van der Waals surface area contributed by atoms with Crippen molar-refractivity contribution in [3.8, 4) is 0 Å². The Hall–Kier alpha value is -2.15. The third-order valence-electron chi connectivity index (χ3n) is 6.52. The lowest BCUT2D eigenvalue weighted by Gasteiger charge is -2.28. The zero-order chi connectivity index (χ0) is 19.4. The highest BCUT2D eigenvalue weighted by Crippen LogP contribution is 2.45. The molecule has 0 N–H and O–H groups in total. The molecule has 0 radical (unpaired) electrons. The highest BCUT2D eigenvalue weighted by molar-refractivity contribution is 6.04. The molecule has 2 aromatic heterocycles. The molecule has 0 aliphatic carbocycles. The van der Waals surface area contributed by atoms with Gasteiger partial charge in [-0.2, -0.15) is 0 Å². The van der Waals surface area contributed by atoms with Gasteiger partial charge in [0.05, 0.1) is 11.9 Å². The summed E-state index contributed by atoms with van der Waals surface area (Å²) in [7, 11) is 4.11. The van der Waals surface area contributed by atoms with Gasteiger partial charge in [0.1, 0.15) is 5.52 Å². The van der Waals surface area contributed by atoms with E-state index >= 15 is 0 Å². The molecule has 4 heterocycles. The van der Waals surface area contributed by atoms with Gasteiger partial charge in [0.2, 0.25) is 0 Å². The number of fused-ring (bicyclic) bond motifs is 2. The highest BCUT2D eigenvalue weighted by atomic mass is 35.5. The number of hydrogen-bond donors (Lipinski definition) is 0. The van der Waals surface area contributed by atoms with Crippen LogP contribution in [0.3, 0.4) is 0 Å². The van der Waals surface area contributed by atoms with E-state index in [1.807, 2.05) is 16.5 Å². The molecule has 0 unspecified atom stereocenters. The van der Waals surface area contributed by atoms with Gasteiger partial charge >= 0.3 is 0 Å². The number of carbonyl (C=O) groups excluding carboxylic acids is 1. The summed E-state index contributed by atoms with van der Waals surface area (Å²) in [5.74, 6) is 1.06. The van der Waals surface area contributed by atoms with Crippen LogP contribution in [-0.4, -0.2) is 56.9 Å². The third kappa shape index (κ3) is 3.47. The lowest BCUT2D eigenvalue weighted by Crippen LogP contribution is -2.33. The molecule has 0 saturated carbocycles. The van der Waals surface area contributed by atoms with Crippen molar-refractivity contribution in [2.45, 2.75) is 13.0 Å². The first-order valence-corrected chi connectivity index (χ1v) is 9.85. The maximum Gasteiger partial charge on any atom is 0.256 e. The third-order valence-corrected chi connectivity index (χ3v) is 6.52. The van der Waals surface area contributed by atoms with Gasteiger partial charge in [0.15, 0.2) is 5.65 Å². The molecule has 2 aliphatic rings. The first-order chi connectivity index (χ1) is 13.5. The van der Waals surface area contributed by atoms with Crippen LogP contribution in [0.4, 0.5) is 0 Å². The number of likely N-dealkylation sites (tertiary alicyclic amines) is 2. The van der Waals surface area contributed by atoms with Crippen LogP contribution >= 0.6 is 24.8 Å². The van der Waals surface area contributed by atoms with E-state index in [9.17, 15) is 4.79 Å². The molecule has 0 spiro atoms. The van der Waals surface area contributed by atoms with Gasteiger partial charge in [-0.3, -0.25) is 9.69 Å². The molecule has 2 aliphatic heterocycles. The first-order valence-electron chi connectivity index (χ1n) is 9.85. The Kier molecular flexibility index (Phi) is 6.41. The van der Waals surface area contributed by atoms with Gasteiger partial charge < -0.3 is 9.47 Å². The fourth-order valence-corrected chi connectivity index (χ4v) is 5.18. The van der Waals surface area contributed by atoms with Crippen molar-refractivity contribution in [1.82, 2.24) is 24.3 Å². The molecule has 2 saturated heterocycles. The van der Waals surface area contributed by atoms with E-state index in [0.717, 1.165) is 25.3 Å². The van der Waals surface area contributed by atoms with Crippen LogP contribution in [0.25, 0.3) is 11.2 Å². The maximum atomic E-state index is 13.3. The lowest BCUT2D eigenvalue weighted by atomic mass is 9.88. The Morgan fingerprint density at radius 2 is 1.80 bits per heavy atom. The molecule has 2 fully saturated rings. The smallest absolute Gasteiger partial charge is 0.256 e. The first kappa shape index (κ1) is 22.5. The number of hydrogen-bond acceptors (Lipinski definition) is 4. The summed E-state index contributed by atoms with van der Waals surface area (Å²) in [6.45, 7) is 4.82. The number of pyridine rings is 1. The topological polar surface area (TPSA) is 54.3 Å². The molecule has 160 valence electrons. The van der Waals surface area contributed by atoms with Crippen molar-refractivity contribution in [2.24, 2.45) is 18.9 Å². The number of rotatable bonds is 2. The van der Waals surface area contributed by atoms with Crippen LogP contribution in [0.15, 0.2) is 42.9 Å². The Labute approximate surface area is 189 Å². The molecule has 5 rings (SSSR count). The van der Waals surface area contributed by atoms with Crippen LogP contribution in [0.1, 0.15) is 27.5 Å². The highest BCUT2D eigenvalue weighted by Gasteiger charge is 2.47. The van der Waals surface area contributed by atoms with Gasteiger partial charge in [-0.1, -0.05) is 24.3 Å². The SMILES string of the molecule is Cc1ccccc1[C@H]1[C@@H]2CN(C(=O)c3ccnc4c3ncn4C)C[C@@H]2CN1C.Cl.Cl. The number of carbonyl (C=O) groups is 1. The Balaban J connectivity index is 0.00000128. The van der Waals surface area contributed by atoms with Crippen LogP contribution in [0.5, 0.6) is 0 Å². The van der Waals surface area contributed by atoms with E-state index in [4.69, 9.17) is 0 Å². The fourth-order valence-electron chi connectivity index (χ4n) is 5.18. The number of halogens is 2. The monoisotopic (exact) mass is 447 g/mol. The largest absolute Gasteiger partial charge is 0.338 e. The van der Waals surface area contributed by atoms with Gasteiger partial charge in [-0.15, -0.1) is 24.8 Å². The van der Waals surface area contributed by atoms with E-state index in [0.29, 0.717) is 29.0 Å². The summed E-state index contributed by atoms with van der Waals surface area (Å²) in [5, 5.41) is 0. The lowest BCUT2D eigenvalue weighted by molar-refractivity contribution is 0.0769. The van der Waals surface area contributed by atoms with E-state index in [1.54, 1.807) is 18.6 Å². The Morgan fingerprint density at radius 1 is 1.03 bits per heavy atom. The summed E-state index contributed by atoms with van der Waals surface area (Å²) in [6, 6.07) is 10.8. The van der Waals surface area contributed by atoms with Gasteiger partial charge in [-0.25, -0.2) is 9.97 Å². The fraction of sp³-hybridized carbons (Fsp3) is 0.409. The van der Waals surface area contributed by atoms with Crippen molar-refractivity contribution in [3.63, 3.8) is 0 Å². The zero-order valence-electron chi connectivity index (χ0n) is 17.4. The average Bonchev–Trinajstić information content (AvgIpc) is 3.35. The quantitative estimate of drug-likeness (QED) is 0.603. The second-order valence-electron chi connectivity index (χ2n) is 8.26. The van der Waals surface area contributed by atoms with E-state index in [-0.39, 0.29) is 30.7 Å². The Bertz CT molecular complexity index is 1070. The minimum absolute atomic E-state index is 0. The van der Waals surface area contributed by atoms with E-state index in [1.165, 1.54) is 11.1 Å². The van der Waals surface area contributed by atoms with Crippen molar-refractivity contribution in [3.05, 3.63) is 59.5 Å². The zero-order valence-corrected chi connectivity index (χ0v) is 19.0. The predicted octanol–water partition coefficient (Wildman–Crippen LogP) is 3.50. The van der Waals surface area contributed by atoms with Crippen molar-refractivity contribution in [1.29, 1.82) is 0 Å². The summed E-state index contributed by atoms with van der Waals surface area (Å²) >= 11 is 0. The molecule has 3 aromatic rings. The van der Waals surface area contributed by atoms with Crippen LogP contribution in [0, 0.1) is 18.8 Å². The number of imidazole rings is 1. The standard InChI is InChI=1S/C22H25N5O.2ClH/c1-14-6-4-5-7-16(14)20-18-12-27(11-15(18)10-25(20)2)22(28)17-8-9-23-21-19(17)24-13-26(21)3;;/h4-9,13,15,18,20H,10-12H2,1-3H3;2*1H/t15-,18+,20-;;/m0../s1. The van der Waals surface area contributed by atoms with Crippen molar-refractivity contribution < 1.29 is 4.79 Å². The Morgan fingerprint density at radius 3 is 2.57 bits per heavy atom. The normalized spacial score (nSPS) is 23.2. The second kappa shape index (κ2) is 8.53. The van der Waals surface area contributed by atoms with Gasteiger partial charge in [-0.05, 0) is 37.1 Å². The van der Waals surface area contributed by atoms with E-state index in [2.05, 4.69) is 53.1 Å². The van der Waals surface area contributed by atoms with E-state index < -0.39 is 0 Å². The second-order valence-corrected chi connectivity index (χ2v) is 8.26. The summed E-state index contributed by atoms with van der Waals surface area (Å²) in [4.78, 5) is 26.6. The number of aryl methyl sites for hydroxylation is 2. The summed E-state index contributed by atoms with van der Waals surface area (Å²) in [5.41, 5.74) is 4.82. The molecule has 30 heavy (non-hydrogen) atoms. The van der Waals surface area contributed by atoms with Crippen molar-refractivity contribution in [2.75, 3.05) is 26.7 Å². The minimum Gasteiger partial charge on any atom is -0.338 e. The molecule has 1 amide bonds. The van der Waals surface area contributed by atoms with Crippen LogP contribution in [0.2, 0.25) is 0 Å². The molecule has 3 atom stereocenters. The molecule has 0 bridgehead atoms. The summed E-state index contributed by atoms with van der Waals surface area (Å²) < 4.78 is 1.86. The molecule has 1 aromatic carbocycles.